The number of nitrogens with zero attached hydrogens (tertiary/aromatic N) is 3. The average Bonchev–Trinajstić information content (AvgIpc) is 3.31. The van der Waals surface area contributed by atoms with Crippen LogP contribution in [0, 0.1) is 0 Å². The van der Waals surface area contributed by atoms with Crippen molar-refractivity contribution < 1.29 is 19.5 Å². The van der Waals surface area contributed by atoms with Crippen LogP contribution in [-0.2, 0) is 20.8 Å². The predicted molar refractivity (Wildman–Crippen MR) is 131 cm³/mol. The molecule has 0 saturated carbocycles. The summed E-state index contributed by atoms with van der Waals surface area (Å²) in [7, 11) is 0. The summed E-state index contributed by atoms with van der Waals surface area (Å²) >= 11 is 3.90. The molecule has 1 fully saturated rings. The van der Waals surface area contributed by atoms with Crippen LogP contribution in [0.1, 0.15) is 5.56 Å². The molecule has 0 radical (unpaired) electrons. The first kappa shape index (κ1) is 22.6. The van der Waals surface area contributed by atoms with Crippen molar-refractivity contribution in [2.24, 2.45) is 0 Å². The summed E-state index contributed by atoms with van der Waals surface area (Å²) in [5.74, 6) is -1.46. The Bertz CT molecular complexity index is 1280. The topological polar surface area (TPSA) is 112 Å². The molecule has 0 bridgehead atoms. The number of aliphatic carboxylic acids is 1. The highest BCUT2D eigenvalue weighted by molar-refractivity contribution is 8.07. The Kier molecular flexibility index (Phi) is 6.40. The molecule has 2 aromatic carbocycles. The zero-order chi connectivity index (χ0) is 23.7. The minimum absolute atomic E-state index is 0.0419. The molecular formula is C23H18N4O4S3. The molecule has 2 aliphatic heterocycles. The van der Waals surface area contributed by atoms with Crippen molar-refractivity contribution in [3.05, 3.63) is 76.8 Å². The van der Waals surface area contributed by atoms with Crippen molar-refractivity contribution in [3.63, 3.8) is 0 Å². The van der Waals surface area contributed by atoms with E-state index in [2.05, 4.69) is 14.9 Å². The van der Waals surface area contributed by atoms with E-state index in [0.717, 1.165) is 15.3 Å². The highest BCUT2D eigenvalue weighted by Crippen LogP contribution is 2.47. The van der Waals surface area contributed by atoms with Crippen LogP contribution in [0.4, 0.5) is 0 Å². The lowest BCUT2D eigenvalue weighted by Crippen LogP contribution is -2.70. The Morgan fingerprint density at radius 1 is 1.12 bits per heavy atom. The zero-order valence-electron chi connectivity index (χ0n) is 17.6. The highest BCUT2D eigenvalue weighted by Gasteiger charge is 2.54. The predicted octanol–water partition coefficient (Wildman–Crippen LogP) is 3.24. The van der Waals surface area contributed by atoms with E-state index in [-0.39, 0.29) is 18.0 Å². The van der Waals surface area contributed by atoms with E-state index < -0.39 is 23.3 Å². The van der Waals surface area contributed by atoms with E-state index in [1.54, 1.807) is 0 Å². The van der Waals surface area contributed by atoms with Crippen molar-refractivity contribution in [1.82, 2.24) is 19.8 Å². The first-order valence-corrected chi connectivity index (χ1v) is 13.0. The van der Waals surface area contributed by atoms with Gasteiger partial charge in [0.05, 0.1) is 6.42 Å². The molecular weight excluding hydrogens is 492 g/mol. The molecule has 2 amide bonds. The summed E-state index contributed by atoms with van der Waals surface area (Å²) in [6.45, 7) is 0. The van der Waals surface area contributed by atoms with Gasteiger partial charge in [0.15, 0.2) is 0 Å². The van der Waals surface area contributed by atoms with Crippen LogP contribution in [0.5, 0.6) is 0 Å². The summed E-state index contributed by atoms with van der Waals surface area (Å²) in [6.07, 6.45) is 0.158. The number of carboxylic acid groups (broad SMARTS) is 1. The standard InChI is InChI=1S/C23H18N4O4S3/c28-16(11-13-7-3-1-4-8-13)24-18-20(29)27-19(22(30)31)15(12-32-21(18)27)33-23-17(25-26-34-23)14-9-5-2-6-10-14/h1-10,18,21H,11-12H2,(H,24,28)(H,30,31)/t18-,21+/m1/s1. The smallest absolute Gasteiger partial charge is 0.353 e. The fourth-order valence-electron chi connectivity index (χ4n) is 3.81. The van der Waals surface area contributed by atoms with Gasteiger partial charge >= 0.3 is 5.97 Å². The number of benzene rings is 2. The number of β-lactam (4-membered cyclic amide) rings is 1. The minimum Gasteiger partial charge on any atom is -0.477 e. The maximum atomic E-state index is 12.9. The van der Waals surface area contributed by atoms with Gasteiger partial charge < -0.3 is 10.4 Å². The van der Waals surface area contributed by atoms with Crippen molar-refractivity contribution in [2.45, 2.75) is 22.0 Å². The maximum Gasteiger partial charge on any atom is 0.353 e. The molecule has 3 heterocycles. The van der Waals surface area contributed by atoms with Crippen LogP contribution in [-0.4, -0.2) is 54.5 Å². The maximum absolute atomic E-state index is 12.9. The van der Waals surface area contributed by atoms with Gasteiger partial charge in [-0.3, -0.25) is 14.5 Å². The number of carboxylic acids is 1. The van der Waals surface area contributed by atoms with Gasteiger partial charge in [-0.05, 0) is 17.1 Å². The van der Waals surface area contributed by atoms with E-state index in [0.29, 0.717) is 16.4 Å². The molecule has 172 valence electrons. The monoisotopic (exact) mass is 510 g/mol. The molecule has 2 atom stereocenters. The van der Waals surface area contributed by atoms with E-state index >= 15 is 0 Å². The van der Waals surface area contributed by atoms with Crippen LogP contribution < -0.4 is 5.32 Å². The SMILES string of the molecule is O=C(Cc1ccccc1)N[C@@H]1C(=O)N2C(C(=O)O)=C(Sc3snnc3-c3ccccc3)CS[C@@H]12. The number of nitrogens with one attached hydrogen (secondary N) is 1. The molecule has 1 aromatic heterocycles. The number of aromatic nitrogens is 2. The Labute approximate surface area is 207 Å². The fraction of sp³-hybridized carbons (Fsp3) is 0.174. The molecule has 3 aromatic rings. The molecule has 1 saturated heterocycles. The number of amides is 2. The minimum atomic E-state index is -1.17. The van der Waals surface area contributed by atoms with Gasteiger partial charge in [-0.15, -0.1) is 16.9 Å². The van der Waals surface area contributed by atoms with Crippen LogP contribution in [0.2, 0.25) is 0 Å². The Balaban J connectivity index is 1.34. The van der Waals surface area contributed by atoms with Crippen molar-refractivity contribution in [2.75, 3.05) is 5.75 Å². The lowest BCUT2D eigenvalue weighted by atomic mass is 10.0. The van der Waals surface area contributed by atoms with E-state index in [1.807, 2.05) is 60.7 Å². The van der Waals surface area contributed by atoms with Gasteiger partial charge in [-0.25, -0.2) is 4.79 Å². The summed E-state index contributed by atoms with van der Waals surface area (Å²) in [5, 5.41) is 16.5. The van der Waals surface area contributed by atoms with Gasteiger partial charge in [-0.2, -0.15) is 0 Å². The molecule has 0 unspecified atom stereocenters. The highest BCUT2D eigenvalue weighted by atomic mass is 32.2. The summed E-state index contributed by atoms with van der Waals surface area (Å²) in [6, 6.07) is 18.0. The van der Waals surface area contributed by atoms with Gasteiger partial charge in [0, 0.05) is 16.2 Å². The van der Waals surface area contributed by atoms with Crippen molar-refractivity contribution in [1.29, 1.82) is 0 Å². The van der Waals surface area contributed by atoms with Crippen molar-refractivity contribution in [3.8, 4) is 11.3 Å². The number of fused-ring (bicyclic) bond motifs is 1. The van der Waals surface area contributed by atoms with E-state index in [4.69, 9.17) is 0 Å². The average molecular weight is 511 g/mol. The number of thioether (sulfide) groups is 2. The second-order valence-corrected chi connectivity index (χ2v) is 10.8. The number of hydrogen-bond acceptors (Lipinski definition) is 8. The Morgan fingerprint density at radius 3 is 2.53 bits per heavy atom. The first-order valence-electron chi connectivity index (χ1n) is 10.3. The molecule has 5 rings (SSSR count). The lowest BCUT2D eigenvalue weighted by molar-refractivity contribution is -0.150. The van der Waals surface area contributed by atoms with Crippen molar-refractivity contribution >= 4 is 52.8 Å². The van der Waals surface area contributed by atoms with Crippen LogP contribution >= 0.6 is 35.1 Å². The fourth-order valence-corrected chi connectivity index (χ4v) is 7.20. The third-order valence-electron chi connectivity index (χ3n) is 5.38. The van der Waals surface area contributed by atoms with Gasteiger partial charge in [0.1, 0.15) is 27.0 Å². The molecule has 8 nitrogen and oxygen atoms in total. The van der Waals surface area contributed by atoms with E-state index in [1.165, 1.54) is 40.0 Å². The van der Waals surface area contributed by atoms with Crippen LogP contribution in [0.3, 0.4) is 0 Å². The van der Waals surface area contributed by atoms with Crippen LogP contribution in [0.15, 0.2) is 75.5 Å². The molecule has 2 aliphatic rings. The number of carbonyl (C=O) groups excluding carboxylic acids is 2. The van der Waals surface area contributed by atoms with Crippen LogP contribution in [0.25, 0.3) is 11.3 Å². The third-order valence-corrected chi connectivity index (χ3v) is 8.80. The molecule has 0 spiro atoms. The largest absolute Gasteiger partial charge is 0.477 e. The third kappa shape index (κ3) is 4.33. The normalized spacial score (nSPS) is 19.4. The summed E-state index contributed by atoms with van der Waals surface area (Å²) in [4.78, 5) is 39.4. The molecule has 34 heavy (non-hydrogen) atoms. The molecule has 2 N–H and O–H groups in total. The summed E-state index contributed by atoms with van der Waals surface area (Å²) in [5.41, 5.74) is 2.37. The number of hydrogen-bond donors (Lipinski definition) is 2. The number of rotatable bonds is 7. The Morgan fingerprint density at radius 2 is 1.82 bits per heavy atom. The van der Waals surface area contributed by atoms with E-state index in [9.17, 15) is 19.5 Å². The lowest BCUT2D eigenvalue weighted by Gasteiger charge is -2.49. The van der Waals surface area contributed by atoms with Gasteiger partial charge in [-0.1, -0.05) is 76.9 Å². The quantitative estimate of drug-likeness (QED) is 0.466. The molecule has 11 heteroatoms. The Hall–Kier alpha value is -3.15. The zero-order valence-corrected chi connectivity index (χ0v) is 20.0. The second-order valence-electron chi connectivity index (χ2n) is 7.57. The first-order chi connectivity index (χ1) is 16.5. The number of carbonyl (C=O) groups is 3. The van der Waals surface area contributed by atoms with Gasteiger partial charge in [0.25, 0.3) is 5.91 Å². The summed E-state index contributed by atoms with van der Waals surface area (Å²) < 4.78 is 4.81. The second kappa shape index (κ2) is 9.61. The van der Waals surface area contributed by atoms with Gasteiger partial charge in [0.2, 0.25) is 5.91 Å². The molecule has 0 aliphatic carbocycles.